The number of carbonyl (C=O) groups excluding carboxylic acids is 2. The maximum atomic E-state index is 11.5. The van der Waals surface area contributed by atoms with Gasteiger partial charge in [-0.1, -0.05) is 30.3 Å². The van der Waals surface area contributed by atoms with Crippen molar-refractivity contribution in [3.05, 3.63) is 35.9 Å². The molecule has 1 aliphatic rings. The van der Waals surface area contributed by atoms with Gasteiger partial charge in [-0.25, -0.2) is 9.79 Å². The molecule has 1 aromatic rings. The molecule has 0 unspecified atom stereocenters. The largest absolute Gasteiger partial charge is 0.461 e. The lowest BCUT2D eigenvalue weighted by atomic mass is 10.2. The van der Waals surface area contributed by atoms with Gasteiger partial charge in [0.25, 0.3) is 0 Å². The minimum Gasteiger partial charge on any atom is -0.461 e. The molecule has 2 atom stereocenters. The van der Waals surface area contributed by atoms with Crippen LogP contribution in [0.5, 0.6) is 0 Å². The fourth-order valence-corrected chi connectivity index (χ4v) is 1.48. The SMILES string of the molecule is O=C=N[C@H]1C[C@H]1C(=O)OCc1ccccc1. The zero-order valence-corrected chi connectivity index (χ0v) is 8.63. The number of benzene rings is 1. The van der Waals surface area contributed by atoms with E-state index in [1.54, 1.807) is 0 Å². The van der Waals surface area contributed by atoms with E-state index in [2.05, 4.69) is 4.99 Å². The molecule has 1 saturated carbocycles. The summed E-state index contributed by atoms with van der Waals surface area (Å²) in [7, 11) is 0. The quantitative estimate of drug-likeness (QED) is 0.436. The Bertz CT molecular complexity index is 423. The van der Waals surface area contributed by atoms with E-state index in [1.807, 2.05) is 30.3 Å². The minimum atomic E-state index is -0.284. The molecule has 0 spiro atoms. The van der Waals surface area contributed by atoms with Crippen molar-refractivity contribution in [1.82, 2.24) is 0 Å². The highest BCUT2D eigenvalue weighted by molar-refractivity contribution is 5.77. The van der Waals surface area contributed by atoms with Gasteiger partial charge < -0.3 is 4.74 Å². The van der Waals surface area contributed by atoms with Gasteiger partial charge in [-0.15, -0.1) is 0 Å². The molecule has 0 aliphatic heterocycles. The van der Waals surface area contributed by atoms with Gasteiger partial charge in [0.15, 0.2) is 0 Å². The maximum absolute atomic E-state index is 11.5. The molecule has 0 radical (unpaired) electrons. The first-order valence-corrected chi connectivity index (χ1v) is 5.09. The van der Waals surface area contributed by atoms with Gasteiger partial charge in [-0.2, -0.15) is 0 Å². The molecule has 1 fully saturated rings. The highest BCUT2D eigenvalue weighted by atomic mass is 16.5. The van der Waals surface area contributed by atoms with Crippen molar-refractivity contribution in [3.63, 3.8) is 0 Å². The second kappa shape index (κ2) is 4.73. The van der Waals surface area contributed by atoms with Gasteiger partial charge in [0.1, 0.15) is 6.61 Å². The third-order valence-electron chi connectivity index (χ3n) is 2.50. The standard InChI is InChI=1S/C12H11NO3/c14-8-13-11-6-10(11)12(15)16-7-9-4-2-1-3-5-9/h1-5,10-11H,6-7H2/t10-,11+/m1/s1. The molecule has 0 heterocycles. The van der Waals surface area contributed by atoms with E-state index in [1.165, 1.54) is 6.08 Å². The molecule has 1 aromatic carbocycles. The van der Waals surface area contributed by atoms with Crippen LogP contribution >= 0.6 is 0 Å². The first-order valence-electron chi connectivity index (χ1n) is 5.09. The molecule has 0 aromatic heterocycles. The number of ether oxygens (including phenoxy) is 1. The predicted octanol–water partition coefficient (Wildman–Crippen LogP) is 1.45. The smallest absolute Gasteiger partial charge is 0.311 e. The fraction of sp³-hybridized carbons (Fsp3) is 0.333. The van der Waals surface area contributed by atoms with Crippen LogP contribution in [0.4, 0.5) is 0 Å². The lowest BCUT2D eigenvalue weighted by Crippen LogP contribution is -2.08. The van der Waals surface area contributed by atoms with Crippen LogP contribution in [0.2, 0.25) is 0 Å². The van der Waals surface area contributed by atoms with Crippen molar-refractivity contribution >= 4 is 12.0 Å². The molecule has 2 rings (SSSR count). The molecule has 16 heavy (non-hydrogen) atoms. The molecule has 1 aliphatic carbocycles. The summed E-state index contributed by atoms with van der Waals surface area (Å²) in [6.45, 7) is 0.272. The summed E-state index contributed by atoms with van der Waals surface area (Å²) in [6, 6.07) is 9.25. The predicted molar refractivity (Wildman–Crippen MR) is 56.3 cm³/mol. The summed E-state index contributed by atoms with van der Waals surface area (Å²) < 4.78 is 5.10. The summed E-state index contributed by atoms with van der Waals surface area (Å²) in [4.78, 5) is 24.9. The summed E-state index contributed by atoms with van der Waals surface area (Å²) in [5.41, 5.74) is 0.951. The third-order valence-corrected chi connectivity index (χ3v) is 2.50. The molecule has 0 saturated heterocycles. The summed E-state index contributed by atoms with van der Waals surface area (Å²) in [6.07, 6.45) is 2.06. The summed E-state index contributed by atoms with van der Waals surface area (Å²) in [5.74, 6) is -0.530. The van der Waals surface area contributed by atoms with Crippen LogP contribution in [0.1, 0.15) is 12.0 Å². The average Bonchev–Trinajstić information content (AvgIpc) is 3.07. The Labute approximate surface area is 92.9 Å². The van der Waals surface area contributed by atoms with Crippen LogP contribution in [-0.4, -0.2) is 18.1 Å². The number of aliphatic imine (C=N–C) groups is 1. The third kappa shape index (κ3) is 2.55. The second-order valence-electron chi connectivity index (χ2n) is 3.72. The Hall–Kier alpha value is -1.93. The van der Waals surface area contributed by atoms with Crippen molar-refractivity contribution in [1.29, 1.82) is 0 Å². The van der Waals surface area contributed by atoms with Crippen LogP contribution in [0.25, 0.3) is 0 Å². The van der Waals surface area contributed by atoms with Gasteiger partial charge in [0.2, 0.25) is 6.08 Å². The van der Waals surface area contributed by atoms with Crippen LogP contribution in [0.15, 0.2) is 35.3 Å². The molecule has 0 bridgehead atoms. The summed E-state index contributed by atoms with van der Waals surface area (Å²) >= 11 is 0. The van der Waals surface area contributed by atoms with E-state index in [4.69, 9.17) is 4.74 Å². The maximum Gasteiger partial charge on any atom is 0.311 e. The highest BCUT2D eigenvalue weighted by Gasteiger charge is 2.44. The Morgan fingerprint density at radius 3 is 2.88 bits per heavy atom. The second-order valence-corrected chi connectivity index (χ2v) is 3.72. The molecule has 0 N–H and O–H groups in total. The Morgan fingerprint density at radius 1 is 1.44 bits per heavy atom. The highest BCUT2D eigenvalue weighted by Crippen LogP contribution is 2.34. The van der Waals surface area contributed by atoms with E-state index in [-0.39, 0.29) is 24.5 Å². The lowest BCUT2D eigenvalue weighted by Gasteiger charge is -2.03. The van der Waals surface area contributed by atoms with Gasteiger partial charge >= 0.3 is 5.97 Å². The van der Waals surface area contributed by atoms with Crippen molar-refractivity contribution in [2.75, 3.05) is 0 Å². The number of hydrogen-bond acceptors (Lipinski definition) is 4. The number of isocyanates is 1. The van der Waals surface area contributed by atoms with Crippen LogP contribution in [0.3, 0.4) is 0 Å². The van der Waals surface area contributed by atoms with Gasteiger partial charge in [0.05, 0.1) is 12.0 Å². The van der Waals surface area contributed by atoms with E-state index < -0.39 is 0 Å². The minimum absolute atomic E-state index is 0.208. The lowest BCUT2D eigenvalue weighted by molar-refractivity contribution is -0.146. The fourth-order valence-electron chi connectivity index (χ4n) is 1.48. The molecule has 0 amide bonds. The topological polar surface area (TPSA) is 55.7 Å². The van der Waals surface area contributed by atoms with E-state index in [9.17, 15) is 9.59 Å². The molecule has 82 valence electrons. The zero-order valence-electron chi connectivity index (χ0n) is 8.63. The van der Waals surface area contributed by atoms with E-state index >= 15 is 0 Å². The van der Waals surface area contributed by atoms with Gasteiger partial charge in [-0.3, -0.25) is 4.79 Å². The number of hydrogen-bond donors (Lipinski definition) is 0. The van der Waals surface area contributed by atoms with Crippen LogP contribution in [-0.2, 0) is 20.9 Å². The van der Waals surface area contributed by atoms with Gasteiger partial charge in [-0.05, 0) is 12.0 Å². The molecular weight excluding hydrogens is 206 g/mol. The van der Waals surface area contributed by atoms with Crippen molar-refractivity contribution < 1.29 is 14.3 Å². The van der Waals surface area contributed by atoms with Crippen LogP contribution < -0.4 is 0 Å². The first-order chi connectivity index (χ1) is 7.81. The van der Waals surface area contributed by atoms with Crippen molar-refractivity contribution in [2.45, 2.75) is 19.1 Å². The Balaban J connectivity index is 1.79. The number of nitrogens with zero attached hydrogens (tertiary/aromatic N) is 1. The number of carbonyl (C=O) groups is 1. The average molecular weight is 217 g/mol. The zero-order chi connectivity index (χ0) is 11.4. The molecular formula is C12H11NO3. The summed E-state index contributed by atoms with van der Waals surface area (Å²) in [5, 5.41) is 0. The first kappa shape index (κ1) is 10.6. The monoisotopic (exact) mass is 217 g/mol. The molecule has 4 nitrogen and oxygen atoms in total. The van der Waals surface area contributed by atoms with Crippen LogP contribution in [0, 0.1) is 5.92 Å². The Kier molecular flexibility index (Phi) is 3.13. The van der Waals surface area contributed by atoms with Crippen molar-refractivity contribution in [2.24, 2.45) is 10.9 Å². The number of rotatable bonds is 4. The molecule has 4 heteroatoms. The van der Waals surface area contributed by atoms with Crippen molar-refractivity contribution in [3.8, 4) is 0 Å². The normalized spacial score (nSPS) is 22.0. The van der Waals surface area contributed by atoms with E-state index in [0.717, 1.165) is 5.56 Å². The van der Waals surface area contributed by atoms with Gasteiger partial charge in [0, 0.05) is 0 Å². The number of esters is 1. The Morgan fingerprint density at radius 2 is 2.19 bits per heavy atom. The van der Waals surface area contributed by atoms with E-state index in [0.29, 0.717) is 6.42 Å².